The summed E-state index contributed by atoms with van der Waals surface area (Å²) in [6, 6.07) is 5.72. The first-order chi connectivity index (χ1) is 7.07. The van der Waals surface area contributed by atoms with Gasteiger partial charge in [-0.1, -0.05) is 12.1 Å². The van der Waals surface area contributed by atoms with Crippen LogP contribution in [0.5, 0.6) is 0 Å². The molecule has 1 rings (SSSR count). The van der Waals surface area contributed by atoms with Gasteiger partial charge in [0.1, 0.15) is 0 Å². The predicted octanol–water partition coefficient (Wildman–Crippen LogP) is -0.704. The molecule has 0 bridgehead atoms. The third-order valence-electron chi connectivity index (χ3n) is 1.91. The summed E-state index contributed by atoms with van der Waals surface area (Å²) in [5, 5.41) is 27.9. The van der Waals surface area contributed by atoms with Crippen molar-refractivity contribution in [2.75, 3.05) is 7.11 Å². The zero-order chi connectivity index (χ0) is 11.4. The van der Waals surface area contributed by atoms with E-state index in [9.17, 15) is 15.1 Å². The van der Waals surface area contributed by atoms with Gasteiger partial charge in [0.15, 0.2) is 11.8 Å². The molecule has 0 spiro atoms. The molecule has 0 aliphatic rings. The molecule has 2 atom stereocenters. The standard InChI is InChI=1S/C9H11NO5/c1-15-9(12)8(11)6-4-2-3-5-7(6)10(13)14/h2-5,8,10-11,13H,1H3/t8-/m1/s1. The zero-order valence-corrected chi connectivity index (χ0v) is 8.01. The summed E-state index contributed by atoms with van der Waals surface area (Å²) in [5.74, 6) is -0.885. The summed E-state index contributed by atoms with van der Waals surface area (Å²) in [4.78, 5) is 11.0. The van der Waals surface area contributed by atoms with E-state index in [1.165, 1.54) is 24.3 Å². The fraction of sp³-hybridized carbons (Fsp3) is 0.222. The molecule has 0 amide bonds. The molecule has 0 aliphatic heterocycles. The van der Waals surface area contributed by atoms with Crippen molar-refractivity contribution in [2.24, 2.45) is 0 Å². The van der Waals surface area contributed by atoms with Crippen LogP contribution in [0, 0.1) is 5.21 Å². The van der Waals surface area contributed by atoms with Gasteiger partial charge >= 0.3 is 5.97 Å². The first-order valence-electron chi connectivity index (χ1n) is 4.16. The second kappa shape index (κ2) is 4.85. The lowest BCUT2D eigenvalue weighted by Gasteiger charge is -2.17. The highest BCUT2D eigenvalue weighted by Crippen LogP contribution is 2.20. The fourth-order valence-corrected chi connectivity index (χ4v) is 1.17. The maximum Gasteiger partial charge on any atom is 0.339 e. The quantitative estimate of drug-likeness (QED) is 0.455. The molecule has 0 aliphatic carbocycles. The van der Waals surface area contributed by atoms with Crippen molar-refractivity contribution in [3.05, 3.63) is 35.0 Å². The Hall–Kier alpha value is -1.47. The minimum atomic E-state index is -1.57. The maximum absolute atomic E-state index is 11.0. The second-order valence-corrected chi connectivity index (χ2v) is 2.82. The van der Waals surface area contributed by atoms with Crippen molar-refractivity contribution in [3.63, 3.8) is 0 Å². The van der Waals surface area contributed by atoms with Gasteiger partial charge in [-0.25, -0.2) is 10.0 Å². The molecule has 6 nitrogen and oxygen atoms in total. The molecule has 0 radical (unpaired) electrons. The number of rotatable bonds is 3. The fourth-order valence-electron chi connectivity index (χ4n) is 1.17. The lowest BCUT2D eigenvalue weighted by Crippen LogP contribution is -2.99. The molecule has 0 saturated carbocycles. The average molecular weight is 213 g/mol. The van der Waals surface area contributed by atoms with Crippen LogP contribution in [-0.4, -0.2) is 23.4 Å². The second-order valence-electron chi connectivity index (χ2n) is 2.82. The largest absolute Gasteiger partial charge is 0.595 e. The Labute approximate surface area is 85.9 Å². The number of nitrogens with one attached hydrogen (secondary N) is 1. The third-order valence-corrected chi connectivity index (χ3v) is 1.91. The monoisotopic (exact) mass is 213 g/mol. The normalized spacial score (nSPS) is 14.4. The maximum atomic E-state index is 11.0. The smallest absolute Gasteiger partial charge is 0.339 e. The van der Waals surface area contributed by atoms with Crippen LogP contribution in [0.3, 0.4) is 0 Å². The number of benzene rings is 1. The average Bonchev–Trinajstić information content (AvgIpc) is 2.27. The number of ether oxygens (including phenoxy) is 1. The molecule has 1 aromatic rings. The highest BCUT2D eigenvalue weighted by atomic mass is 16.8. The molecule has 0 fully saturated rings. The number of aliphatic hydroxyl groups is 1. The highest BCUT2D eigenvalue weighted by molar-refractivity contribution is 5.77. The van der Waals surface area contributed by atoms with E-state index in [0.717, 1.165) is 7.11 Å². The lowest BCUT2D eigenvalue weighted by molar-refractivity contribution is -0.991. The highest BCUT2D eigenvalue weighted by Gasteiger charge is 2.23. The first-order valence-corrected chi connectivity index (χ1v) is 4.16. The van der Waals surface area contributed by atoms with Crippen LogP contribution in [0.15, 0.2) is 24.3 Å². The molecule has 82 valence electrons. The number of carbonyl (C=O) groups excluding carboxylic acids is 1. The van der Waals surface area contributed by atoms with E-state index in [2.05, 4.69) is 4.74 Å². The predicted molar refractivity (Wildman–Crippen MR) is 49.2 cm³/mol. The van der Waals surface area contributed by atoms with Crippen LogP contribution < -0.4 is 5.23 Å². The van der Waals surface area contributed by atoms with E-state index in [0.29, 0.717) is 0 Å². The Bertz CT molecular complexity index is 352. The summed E-state index contributed by atoms with van der Waals surface area (Å²) in [5.41, 5.74) is -0.0905. The molecule has 15 heavy (non-hydrogen) atoms. The number of esters is 1. The molecule has 0 heterocycles. The van der Waals surface area contributed by atoms with Gasteiger partial charge < -0.3 is 15.1 Å². The summed E-state index contributed by atoms with van der Waals surface area (Å²) >= 11 is 0. The minimum absolute atomic E-state index is 0.0249. The minimum Gasteiger partial charge on any atom is -0.595 e. The summed E-state index contributed by atoms with van der Waals surface area (Å²) in [6.07, 6.45) is -1.57. The van der Waals surface area contributed by atoms with E-state index in [1.807, 2.05) is 0 Å². The van der Waals surface area contributed by atoms with Crippen LogP contribution in [-0.2, 0) is 9.53 Å². The van der Waals surface area contributed by atoms with Crippen molar-refractivity contribution < 1.29 is 25.1 Å². The van der Waals surface area contributed by atoms with Crippen molar-refractivity contribution in [1.29, 1.82) is 0 Å². The van der Waals surface area contributed by atoms with Gasteiger partial charge in [-0.15, -0.1) is 0 Å². The Balaban J connectivity index is 3.07. The number of quaternary nitrogens is 1. The Morgan fingerprint density at radius 2 is 2.13 bits per heavy atom. The van der Waals surface area contributed by atoms with Crippen molar-refractivity contribution in [2.45, 2.75) is 6.10 Å². The number of aliphatic hydroxyl groups excluding tert-OH is 1. The van der Waals surface area contributed by atoms with Gasteiger partial charge in [-0.2, -0.15) is 5.23 Å². The first kappa shape index (κ1) is 11.6. The zero-order valence-electron chi connectivity index (χ0n) is 8.01. The van der Waals surface area contributed by atoms with Crippen LogP contribution in [0.4, 0.5) is 5.69 Å². The van der Waals surface area contributed by atoms with Crippen molar-refractivity contribution in [3.8, 4) is 0 Å². The van der Waals surface area contributed by atoms with Gasteiger partial charge in [-0.3, -0.25) is 0 Å². The van der Waals surface area contributed by atoms with Crippen LogP contribution in [0.1, 0.15) is 11.7 Å². The summed E-state index contributed by atoms with van der Waals surface area (Å²) in [6.45, 7) is 0. The van der Waals surface area contributed by atoms with Crippen molar-refractivity contribution in [1.82, 2.24) is 0 Å². The van der Waals surface area contributed by atoms with Gasteiger partial charge in [-0.05, 0) is 6.07 Å². The molecular weight excluding hydrogens is 202 g/mol. The van der Waals surface area contributed by atoms with E-state index in [-0.39, 0.29) is 11.3 Å². The van der Waals surface area contributed by atoms with E-state index >= 15 is 0 Å². The molecule has 0 aromatic heterocycles. The van der Waals surface area contributed by atoms with Crippen molar-refractivity contribution >= 4 is 11.7 Å². The molecule has 0 saturated heterocycles. The van der Waals surface area contributed by atoms with Crippen LogP contribution >= 0.6 is 0 Å². The molecule has 1 aromatic carbocycles. The van der Waals surface area contributed by atoms with Gasteiger partial charge in [0.2, 0.25) is 0 Å². The SMILES string of the molecule is COC(=O)[C@H](O)c1ccccc1[NH+]([O-])O. The summed E-state index contributed by atoms with van der Waals surface area (Å²) < 4.78 is 4.32. The number of carbonyl (C=O) groups is 1. The Morgan fingerprint density at radius 1 is 1.53 bits per heavy atom. The van der Waals surface area contributed by atoms with E-state index in [4.69, 9.17) is 5.21 Å². The van der Waals surface area contributed by atoms with Gasteiger partial charge in [0.05, 0.1) is 12.7 Å². The molecular formula is C9H11NO5. The van der Waals surface area contributed by atoms with E-state index < -0.39 is 17.3 Å². The summed E-state index contributed by atoms with van der Waals surface area (Å²) in [7, 11) is 1.12. The third kappa shape index (κ3) is 2.51. The van der Waals surface area contributed by atoms with Gasteiger partial charge in [0.25, 0.3) is 0 Å². The lowest BCUT2D eigenvalue weighted by atomic mass is 10.1. The van der Waals surface area contributed by atoms with Crippen LogP contribution in [0.25, 0.3) is 0 Å². The molecule has 3 N–H and O–H groups in total. The van der Waals surface area contributed by atoms with Crippen LogP contribution in [0.2, 0.25) is 0 Å². The topological polar surface area (TPSA) is 94.3 Å². The number of hydrogen-bond donors (Lipinski definition) is 3. The molecule has 1 unspecified atom stereocenters. The number of methoxy groups -OCH3 is 1. The molecule has 6 heteroatoms. The number of hydrogen-bond acceptors (Lipinski definition) is 5. The van der Waals surface area contributed by atoms with Gasteiger partial charge in [0, 0.05) is 6.07 Å². The Kier molecular flexibility index (Phi) is 3.75. The van der Waals surface area contributed by atoms with E-state index in [1.54, 1.807) is 0 Å². The Morgan fingerprint density at radius 3 is 2.67 bits per heavy atom. The number of para-hydroxylation sites is 1.